The zero-order valence-corrected chi connectivity index (χ0v) is 13.2. The van der Waals surface area contributed by atoms with Gasteiger partial charge < -0.3 is 15.7 Å². The van der Waals surface area contributed by atoms with Crippen LogP contribution in [-0.2, 0) is 16.0 Å². The van der Waals surface area contributed by atoms with Crippen LogP contribution in [0.15, 0.2) is 42.5 Å². The fraction of sp³-hybridized carbons (Fsp3) is 0.176. The second-order valence-corrected chi connectivity index (χ2v) is 5.94. The maximum absolute atomic E-state index is 13.7. The van der Waals surface area contributed by atoms with Crippen molar-refractivity contribution in [1.82, 2.24) is 5.32 Å². The summed E-state index contributed by atoms with van der Waals surface area (Å²) in [5.41, 5.74) is 1.54. The first-order valence-corrected chi connectivity index (χ1v) is 7.66. The van der Waals surface area contributed by atoms with Crippen LogP contribution >= 0.6 is 11.6 Å². The molecule has 24 heavy (non-hydrogen) atoms. The van der Waals surface area contributed by atoms with Gasteiger partial charge >= 0.3 is 11.8 Å². The van der Waals surface area contributed by atoms with Crippen LogP contribution in [0, 0.1) is 5.82 Å². The minimum absolute atomic E-state index is 0.146. The molecule has 5 nitrogen and oxygen atoms in total. The summed E-state index contributed by atoms with van der Waals surface area (Å²) in [5.74, 6) is -2.71. The number of benzene rings is 2. The number of aliphatic hydroxyl groups is 1. The highest BCUT2D eigenvalue weighted by atomic mass is 35.5. The highest BCUT2D eigenvalue weighted by molar-refractivity contribution is 6.39. The fourth-order valence-electron chi connectivity index (χ4n) is 2.72. The molecule has 0 spiro atoms. The third-order valence-corrected chi connectivity index (χ3v) is 4.11. The van der Waals surface area contributed by atoms with Gasteiger partial charge in [-0.15, -0.1) is 0 Å². The first kappa shape index (κ1) is 16.4. The third kappa shape index (κ3) is 3.25. The lowest BCUT2D eigenvalue weighted by atomic mass is 10.1. The number of fused-ring (bicyclic) bond motifs is 1. The summed E-state index contributed by atoms with van der Waals surface area (Å²) >= 11 is 5.63. The van der Waals surface area contributed by atoms with E-state index in [9.17, 15) is 19.1 Å². The minimum atomic E-state index is -1.02. The molecular weight excluding hydrogens is 335 g/mol. The van der Waals surface area contributed by atoms with E-state index in [1.54, 1.807) is 12.1 Å². The molecule has 124 valence electrons. The Hall–Kier alpha value is -2.44. The number of hydrogen-bond acceptors (Lipinski definition) is 3. The maximum atomic E-state index is 13.7. The van der Waals surface area contributed by atoms with Crippen LogP contribution in [0.25, 0.3) is 0 Å². The molecular formula is C17H14ClFN2O3. The number of nitrogens with one attached hydrogen (secondary N) is 2. The number of carbonyl (C=O) groups is 2. The highest BCUT2D eigenvalue weighted by Gasteiger charge is 2.33. The van der Waals surface area contributed by atoms with Gasteiger partial charge in [0.2, 0.25) is 0 Å². The average Bonchev–Trinajstić information content (AvgIpc) is 2.86. The molecule has 2 aromatic carbocycles. The van der Waals surface area contributed by atoms with Crippen LogP contribution in [-0.4, -0.2) is 23.0 Å². The first-order valence-electron chi connectivity index (χ1n) is 7.28. The second-order valence-electron chi connectivity index (χ2n) is 5.50. The zero-order chi connectivity index (χ0) is 17.3. The monoisotopic (exact) mass is 348 g/mol. The SMILES string of the molecule is O=C(Nc1ccc(Cl)cc1F)C(=O)NC1c2ccccc2CC1O. The number of halogens is 2. The largest absolute Gasteiger partial charge is 0.390 e. The summed E-state index contributed by atoms with van der Waals surface area (Å²) < 4.78 is 13.7. The summed E-state index contributed by atoms with van der Waals surface area (Å²) in [7, 11) is 0. The van der Waals surface area contributed by atoms with E-state index in [2.05, 4.69) is 10.6 Å². The van der Waals surface area contributed by atoms with Crippen LogP contribution < -0.4 is 10.6 Å². The molecule has 2 atom stereocenters. The molecule has 1 aliphatic rings. The molecule has 0 saturated heterocycles. The first-order chi connectivity index (χ1) is 11.5. The number of carbonyl (C=O) groups excluding carboxylic acids is 2. The summed E-state index contributed by atoms with van der Waals surface area (Å²) in [5, 5.41) is 14.9. The fourth-order valence-corrected chi connectivity index (χ4v) is 2.88. The predicted molar refractivity (Wildman–Crippen MR) is 87.1 cm³/mol. The molecule has 1 aliphatic carbocycles. The Bertz CT molecular complexity index is 812. The molecule has 3 N–H and O–H groups in total. The molecule has 0 heterocycles. The Morgan fingerprint density at radius 2 is 1.92 bits per heavy atom. The molecule has 0 fully saturated rings. The van der Waals surface area contributed by atoms with Crippen LogP contribution in [0.5, 0.6) is 0 Å². The van der Waals surface area contributed by atoms with Gasteiger partial charge in [0.25, 0.3) is 0 Å². The zero-order valence-electron chi connectivity index (χ0n) is 12.4. The Balaban J connectivity index is 1.70. The van der Waals surface area contributed by atoms with E-state index in [1.807, 2.05) is 12.1 Å². The van der Waals surface area contributed by atoms with Crippen LogP contribution in [0.2, 0.25) is 5.02 Å². The van der Waals surface area contributed by atoms with Gasteiger partial charge in [0.1, 0.15) is 5.82 Å². The number of aliphatic hydroxyl groups excluding tert-OH is 1. The molecule has 0 bridgehead atoms. The second kappa shape index (κ2) is 6.59. The molecule has 0 aromatic heterocycles. The van der Waals surface area contributed by atoms with Crippen molar-refractivity contribution in [2.45, 2.75) is 18.6 Å². The summed E-state index contributed by atoms with van der Waals surface area (Å²) in [6.07, 6.45) is -0.416. The minimum Gasteiger partial charge on any atom is -0.390 e. The Morgan fingerprint density at radius 1 is 1.17 bits per heavy atom. The van der Waals surface area contributed by atoms with Gasteiger partial charge in [-0.05, 0) is 29.3 Å². The Labute approximate surface area is 142 Å². The standard InChI is InChI=1S/C17H14ClFN2O3/c18-10-5-6-13(12(19)8-10)20-16(23)17(24)21-15-11-4-2-1-3-9(11)7-14(15)22/h1-6,8,14-15,22H,7H2,(H,20,23)(H,21,24). The molecule has 7 heteroatoms. The van der Waals surface area contributed by atoms with Crippen molar-refractivity contribution in [1.29, 1.82) is 0 Å². The number of hydrogen-bond donors (Lipinski definition) is 3. The van der Waals surface area contributed by atoms with Crippen molar-refractivity contribution in [3.05, 3.63) is 64.4 Å². The molecule has 2 amide bonds. The van der Waals surface area contributed by atoms with Gasteiger partial charge in [-0.2, -0.15) is 0 Å². The Morgan fingerprint density at radius 3 is 2.67 bits per heavy atom. The van der Waals surface area contributed by atoms with Gasteiger partial charge in [0.15, 0.2) is 0 Å². The van der Waals surface area contributed by atoms with Gasteiger partial charge in [-0.25, -0.2) is 4.39 Å². The van der Waals surface area contributed by atoms with Crippen LogP contribution in [0.4, 0.5) is 10.1 Å². The summed E-state index contributed by atoms with van der Waals surface area (Å²) in [4.78, 5) is 24.0. The molecule has 2 aromatic rings. The number of amides is 2. The average molecular weight is 349 g/mol. The molecule has 0 aliphatic heterocycles. The van der Waals surface area contributed by atoms with E-state index in [1.165, 1.54) is 12.1 Å². The van der Waals surface area contributed by atoms with Gasteiger partial charge in [0, 0.05) is 11.4 Å². The normalized spacial score (nSPS) is 18.8. The summed E-state index contributed by atoms with van der Waals surface area (Å²) in [6.45, 7) is 0. The molecule has 3 rings (SSSR count). The summed E-state index contributed by atoms with van der Waals surface area (Å²) in [6, 6.07) is 10.3. The smallest absolute Gasteiger partial charge is 0.313 e. The highest BCUT2D eigenvalue weighted by Crippen LogP contribution is 2.31. The topological polar surface area (TPSA) is 78.4 Å². The van der Waals surface area contributed by atoms with Crippen molar-refractivity contribution < 1.29 is 19.1 Å². The molecule has 0 radical (unpaired) electrons. The van der Waals surface area contributed by atoms with E-state index in [-0.39, 0.29) is 10.7 Å². The lowest BCUT2D eigenvalue weighted by Gasteiger charge is -2.17. The van der Waals surface area contributed by atoms with E-state index in [0.29, 0.717) is 6.42 Å². The van der Waals surface area contributed by atoms with Crippen LogP contribution in [0.3, 0.4) is 0 Å². The van der Waals surface area contributed by atoms with Crippen molar-refractivity contribution in [2.75, 3.05) is 5.32 Å². The van der Waals surface area contributed by atoms with Gasteiger partial charge in [0.05, 0.1) is 17.8 Å². The number of anilines is 1. The van der Waals surface area contributed by atoms with E-state index in [4.69, 9.17) is 11.6 Å². The third-order valence-electron chi connectivity index (χ3n) is 3.88. The quantitative estimate of drug-likeness (QED) is 0.728. The van der Waals surface area contributed by atoms with Crippen molar-refractivity contribution in [2.24, 2.45) is 0 Å². The Kier molecular flexibility index (Phi) is 4.51. The van der Waals surface area contributed by atoms with Crippen molar-refractivity contribution in [3.8, 4) is 0 Å². The van der Waals surface area contributed by atoms with Gasteiger partial charge in [-0.3, -0.25) is 9.59 Å². The van der Waals surface area contributed by atoms with Gasteiger partial charge in [-0.1, -0.05) is 35.9 Å². The lowest BCUT2D eigenvalue weighted by molar-refractivity contribution is -0.137. The lowest BCUT2D eigenvalue weighted by Crippen LogP contribution is -2.40. The van der Waals surface area contributed by atoms with Crippen LogP contribution in [0.1, 0.15) is 17.2 Å². The number of rotatable bonds is 2. The van der Waals surface area contributed by atoms with Crippen molar-refractivity contribution in [3.63, 3.8) is 0 Å². The van der Waals surface area contributed by atoms with E-state index < -0.39 is 29.8 Å². The molecule has 2 unspecified atom stereocenters. The maximum Gasteiger partial charge on any atom is 0.313 e. The van der Waals surface area contributed by atoms with E-state index in [0.717, 1.165) is 17.2 Å². The molecule has 0 saturated carbocycles. The predicted octanol–water partition coefficient (Wildman–Crippen LogP) is 2.19. The van der Waals surface area contributed by atoms with E-state index >= 15 is 0 Å². The van der Waals surface area contributed by atoms with Crippen molar-refractivity contribution >= 4 is 29.1 Å².